The fraction of sp³-hybridized carbons (Fsp3) is 0.333. The first-order valence-electron chi connectivity index (χ1n) is 5.26. The fourth-order valence-electron chi connectivity index (χ4n) is 1.22. The third kappa shape index (κ3) is 3.04. The van der Waals surface area contributed by atoms with Crippen LogP contribution < -0.4 is 10.3 Å². The second-order valence-electron chi connectivity index (χ2n) is 3.72. The molecule has 0 aliphatic heterocycles. The molecule has 0 amide bonds. The van der Waals surface area contributed by atoms with Crippen LogP contribution in [0.15, 0.2) is 30.3 Å². The number of nitrogens with one attached hydrogen (secondary N) is 1. The van der Waals surface area contributed by atoms with Gasteiger partial charge in [0.25, 0.3) is 0 Å². The molecule has 1 atom stereocenters. The third-order valence-corrected chi connectivity index (χ3v) is 2.42. The van der Waals surface area contributed by atoms with Gasteiger partial charge in [0.2, 0.25) is 5.54 Å². The number of ketones is 1. The predicted molar refractivity (Wildman–Crippen MR) is 61.5 cm³/mol. The molecule has 1 unspecified atom stereocenters. The summed E-state index contributed by atoms with van der Waals surface area (Å²) in [5.41, 5.74) is 0.582. The lowest BCUT2D eigenvalue weighted by Gasteiger charge is -2.23. The fourth-order valence-corrected chi connectivity index (χ4v) is 1.22. The van der Waals surface area contributed by atoms with Gasteiger partial charge < -0.3 is 9.94 Å². The normalized spacial score (nSPS) is 13.8. The van der Waals surface area contributed by atoms with Crippen LogP contribution in [0.4, 0.5) is 0 Å². The van der Waals surface area contributed by atoms with Gasteiger partial charge in [-0.2, -0.15) is 0 Å². The molecule has 17 heavy (non-hydrogen) atoms. The van der Waals surface area contributed by atoms with E-state index in [4.69, 9.17) is 9.94 Å². The quantitative estimate of drug-likeness (QED) is 0.577. The second-order valence-corrected chi connectivity index (χ2v) is 3.72. The van der Waals surface area contributed by atoms with Crippen LogP contribution in [0.1, 0.15) is 20.3 Å². The summed E-state index contributed by atoms with van der Waals surface area (Å²) >= 11 is 0. The zero-order valence-electron chi connectivity index (χ0n) is 9.77. The third-order valence-electron chi connectivity index (χ3n) is 2.42. The van der Waals surface area contributed by atoms with E-state index in [1.54, 1.807) is 37.3 Å². The van der Waals surface area contributed by atoms with Gasteiger partial charge >= 0.3 is 5.97 Å². The zero-order valence-corrected chi connectivity index (χ0v) is 9.77. The Labute approximate surface area is 99.4 Å². The Morgan fingerprint density at radius 1 is 1.35 bits per heavy atom. The van der Waals surface area contributed by atoms with Crippen molar-refractivity contribution in [1.29, 1.82) is 0 Å². The molecule has 0 saturated heterocycles. The maximum Gasteiger partial charge on any atom is 0.334 e. The molecule has 1 rings (SSSR count). The van der Waals surface area contributed by atoms with Gasteiger partial charge in [0, 0.05) is 6.42 Å². The summed E-state index contributed by atoms with van der Waals surface area (Å²) in [7, 11) is 0. The Hall–Kier alpha value is -1.88. The maximum atomic E-state index is 11.6. The first kappa shape index (κ1) is 13.2. The molecule has 0 heterocycles. The minimum atomic E-state index is -1.73. The van der Waals surface area contributed by atoms with Gasteiger partial charge in [-0.3, -0.25) is 4.79 Å². The topological polar surface area (TPSA) is 75.6 Å². The molecule has 0 aliphatic carbocycles. The molecule has 0 fully saturated rings. The van der Waals surface area contributed by atoms with Gasteiger partial charge in [0.15, 0.2) is 5.78 Å². The number of hydrogen-bond donors (Lipinski definition) is 2. The molecule has 5 heteroatoms. The molecule has 0 radical (unpaired) electrons. The summed E-state index contributed by atoms with van der Waals surface area (Å²) < 4.78 is 0. The van der Waals surface area contributed by atoms with Gasteiger partial charge in [-0.25, -0.2) is 4.79 Å². The number of carboxylic acids is 1. The maximum absolute atomic E-state index is 11.6. The van der Waals surface area contributed by atoms with Crippen molar-refractivity contribution in [3.05, 3.63) is 30.3 Å². The van der Waals surface area contributed by atoms with Crippen LogP contribution in [-0.4, -0.2) is 22.4 Å². The number of carbonyl (C=O) groups is 2. The van der Waals surface area contributed by atoms with E-state index in [0.29, 0.717) is 5.75 Å². The SMILES string of the molecule is CCC(=O)C(C)(NOc1ccccc1)C(=O)O. The van der Waals surface area contributed by atoms with Gasteiger partial charge in [-0.15, -0.1) is 5.48 Å². The molecule has 5 nitrogen and oxygen atoms in total. The number of rotatable bonds is 6. The summed E-state index contributed by atoms with van der Waals surface area (Å²) in [6.07, 6.45) is 0.119. The van der Waals surface area contributed by atoms with E-state index in [-0.39, 0.29) is 6.42 Å². The summed E-state index contributed by atoms with van der Waals surface area (Å²) in [5, 5.41) is 9.05. The molecule has 0 aliphatic rings. The highest BCUT2D eigenvalue weighted by Crippen LogP contribution is 2.12. The number of hydrogen-bond acceptors (Lipinski definition) is 4. The second kappa shape index (κ2) is 5.45. The van der Waals surface area contributed by atoms with Crippen LogP contribution in [0.25, 0.3) is 0 Å². The number of para-hydroxylation sites is 1. The molecule has 0 bridgehead atoms. The van der Waals surface area contributed by atoms with E-state index in [1.807, 2.05) is 0 Å². The number of carbonyl (C=O) groups excluding carboxylic acids is 1. The number of aliphatic carboxylic acids is 1. The Balaban J connectivity index is 2.76. The van der Waals surface area contributed by atoms with Crippen LogP contribution in [0, 0.1) is 0 Å². The molecule has 0 aromatic heterocycles. The molecule has 1 aromatic rings. The molecular weight excluding hydrogens is 222 g/mol. The molecule has 0 spiro atoms. The average Bonchev–Trinajstić information content (AvgIpc) is 2.35. The van der Waals surface area contributed by atoms with E-state index in [2.05, 4.69) is 5.48 Å². The minimum Gasteiger partial charge on any atom is -0.479 e. The Morgan fingerprint density at radius 3 is 2.41 bits per heavy atom. The van der Waals surface area contributed by atoms with Crippen molar-refractivity contribution in [3.8, 4) is 5.75 Å². The van der Waals surface area contributed by atoms with Crippen LogP contribution in [-0.2, 0) is 9.59 Å². The summed E-state index contributed by atoms with van der Waals surface area (Å²) in [5.74, 6) is -1.26. The van der Waals surface area contributed by atoms with Crippen molar-refractivity contribution in [2.75, 3.05) is 0 Å². The van der Waals surface area contributed by atoms with Crippen molar-refractivity contribution >= 4 is 11.8 Å². The summed E-state index contributed by atoms with van der Waals surface area (Å²) in [6.45, 7) is 2.89. The number of hydroxylamine groups is 1. The number of benzene rings is 1. The monoisotopic (exact) mass is 237 g/mol. The van der Waals surface area contributed by atoms with Crippen molar-refractivity contribution in [2.24, 2.45) is 0 Å². The number of carboxylic acid groups (broad SMARTS) is 1. The van der Waals surface area contributed by atoms with Crippen molar-refractivity contribution < 1.29 is 19.5 Å². The smallest absolute Gasteiger partial charge is 0.334 e. The van der Waals surface area contributed by atoms with Gasteiger partial charge in [-0.05, 0) is 19.1 Å². The van der Waals surface area contributed by atoms with Crippen molar-refractivity contribution in [2.45, 2.75) is 25.8 Å². The first-order chi connectivity index (χ1) is 8.00. The number of Topliss-reactive ketones (excluding diaryl/α,β-unsaturated/α-hetero) is 1. The highest BCUT2D eigenvalue weighted by Gasteiger charge is 2.41. The molecule has 1 aromatic carbocycles. The van der Waals surface area contributed by atoms with Crippen LogP contribution >= 0.6 is 0 Å². The molecule has 92 valence electrons. The van der Waals surface area contributed by atoms with Crippen molar-refractivity contribution in [3.63, 3.8) is 0 Å². The Morgan fingerprint density at radius 2 is 1.94 bits per heavy atom. The van der Waals surface area contributed by atoms with Crippen LogP contribution in [0.3, 0.4) is 0 Å². The average molecular weight is 237 g/mol. The van der Waals surface area contributed by atoms with E-state index in [9.17, 15) is 9.59 Å². The minimum absolute atomic E-state index is 0.119. The van der Waals surface area contributed by atoms with E-state index >= 15 is 0 Å². The predicted octanol–water partition coefficient (Wildman–Crippen LogP) is 1.39. The molecule has 2 N–H and O–H groups in total. The van der Waals surface area contributed by atoms with Crippen LogP contribution in [0.5, 0.6) is 5.75 Å². The first-order valence-corrected chi connectivity index (χ1v) is 5.26. The van der Waals surface area contributed by atoms with E-state index in [0.717, 1.165) is 0 Å². The zero-order chi connectivity index (χ0) is 12.9. The summed E-state index contributed by atoms with van der Waals surface area (Å²) in [4.78, 5) is 27.8. The summed E-state index contributed by atoms with van der Waals surface area (Å²) in [6, 6.07) is 8.62. The van der Waals surface area contributed by atoms with Crippen LogP contribution in [0.2, 0.25) is 0 Å². The molecular formula is C12H15NO4. The lowest BCUT2D eigenvalue weighted by Crippen LogP contribution is -2.56. The lowest BCUT2D eigenvalue weighted by molar-refractivity contribution is -0.153. The van der Waals surface area contributed by atoms with E-state index < -0.39 is 17.3 Å². The highest BCUT2D eigenvalue weighted by atomic mass is 16.7. The molecule has 0 saturated carbocycles. The van der Waals surface area contributed by atoms with Gasteiger partial charge in [-0.1, -0.05) is 25.1 Å². The Kier molecular flexibility index (Phi) is 4.23. The standard InChI is InChI=1S/C12H15NO4/c1-3-10(14)12(2,11(15)16)13-17-9-7-5-4-6-8-9/h4-8,13H,3H2,1-2H3,(H,15,16). The van der Waals surface area contributed by atoms with E-state index in [1.165, 1.54) is 6.92 Å². The highest BCUT2D eigenvalue weighted by molar-refractivity contribution is 6.07. The lowest BCUT2D eigenvalue weighted by atomic mass is 9.96. The van der Waals surface area contributed by atoms with Crippen molar-refractivity contribution in [1.82, 2.24) is 5.48 Å². The Bertz CT molecular complexity index is 404. The van der Waals surface area contributed by atoms with Gasteiger partial charge in [0.1, 0.15) is 5.75 Å². The van der Waals surface area contributed by atoms with Gasteiger partial charge in [0.05, 0.1) is 0 Å². The largest absolute Gasteiger partial charge is 0.479 e.